The Labute approximate surface area is 82.2 Å². The van der Waals surface area contributed by atoms with Crippen LogP contribution in [0.5, 0.6) is 0 Å². The third-order valence-corrected chi connectivity index (χ3v) is 2.77. The van der Waals surface area contributed by atoms with E-state index in [1.807, 2.05) is 0 Å². The van der Waals surface area contributed by atoms with Crippen molar-refractivity contribution >= 4 is 0 Å². The highest BCUT2D eigenvalue weighted by Crippen LogP contribution is 2.28. The molecule has 0 saturated carbocycles. The van der Waals surface area contributed by atoms with Gasteiger partial charge < -0.3 is 4.74 Å². The first kappa shape index (κ1) is 10.8. The minimum atomic E-state index is 0.482. The van der Waals surface area contributed by atoms with Gasteiger partial charge in [0, 0.05) is 0 Å². The summed E-state index contributed by atoms with van der Waals surface area (Å²) in [6, 6.07) is 0. The van der Waals surface area contributed by atoms with Gasteiger partial charge in [0.2, 0.25) is 0 Å². The van der Waals surface area contributed by atoms with Crippen molar-refractivity contribution < 1.29 is 4.74 Å². The Bertz CT molecular complexity index is 163. The van der Waals surface area contributed by atoms with Crippen LogP contribution in [-0.2, 0) is 4.74 Å². The van der Waals surface area contributed by atoms with Crippen LogP contribution in [0, 0.1) is 5.92 Å². The Balaban J connectivity index is 2.18. The van der Waals surface area contributed by atoms with Crippen LogP contribution >= 0.6 is 0 Å². The molecule has 1 aliphatic rings. The summed E-state index contributed by atoms with van der Waals surface area (Å²) in [6.45, 7) is 6.66. The summed E-state index contributed by atoms with van der Waals surface area (Å²) in [5.41, 5.74) is 0. The second-order valence-electron chi connectivity index (χ2n) is 4.16. The zero-order valence-corrected chi connectivity index (χ0v) is 9.12. The van der Waals surface area contributed by atoms with Gasteiger partial charge in [-0.3, -0.25) is 0 Å². The molecule has 76 valence electrons. The third-order valence-electron chi connectivity index (χ3n) is 2.77. The smallest absolute Gasteiger partial charge is 0.0608 e. The van der Waals surface area contributed by atoms with Gasteiger partial charge in [0.05, 0.1) is 12.2 Å². The molecule has 3 atom stereocenters. The van der Waals surface area contributed by atoms with Crippen molar-refractivity contribution in [2.24, 2.45) is 5.92 Å². The molecular formula is C12H22O. The summed E-state index contributed by atoms with van der Waals surface area (Å²) in [5, 5.41) is 0. The molecule has 1 aliphatic heterocycles. The standard InChI is InChI=1S/C12H22O/c1-4-5-6-7-8-12-10(2)9-11(3)13-12/h5-6,10-12H,4,7-9H2,1-3H3/b6-5-/t10-,11-,12+/m1/s1. The first-order valence-corrected chi connectivity index (χ1v) is 5.54. The van der Waals surface area contributed by atoms with E-state index in [1.54, 1.807) is 0 Å². The van der Waals surface area contributed by atoms with Crippen LogP contribution in [0.25, 0.3) is 0 Å². The SMILES string of the molecule is CC/C=C\CC[C@@H]1O[C@H](C)C[C@H]1C. The Morgan fingerprint density at radius 1 is 1.31 bits per heavy atom. The summed E-state index contributed by atoms with van der Waals surface area (Å²) < 4.78 is 5.82. The van der Waals surface area contributed by atoms with Crippen molar-refractivity contribution in [2.75, 3.05) is 0 Å². The molecule has 0 amide bonds. The van der Waals surface area contributed by atoms with Crippen LogP contribution in [0.4, 0.5) is 0 Å². The van der Waals surface area contributed by atoms with E-state index in [2.05, 4.69) is 32.9 Å². The van der Waals surface area contributed by atoms with Crippen molar-refractivity contribution in [3.63, 3.8) is 0 Å². The number of rotatable bonds is 4. The van der Waals surface area contributed by atoms with Crippen molar-refractivity contribution in [3.8, 4) is 0 Å². The predicted molar refractivity (Wildman–Crippen MR) is 56.8 cm³/mol. The molecule has 1 rings (SSSR count). The molecule has 1 nitrogen and oxygen atoms in total. The lowest BCUT2D eigenvalue weighted by Gasteiger charge is -2.13. The minimum absolute atomic E-state index is 0.482. The van der Waals surface area contributed by atoms with Gasteiger partial charge in [0.25, 0.3) is 0 Å². The minimum Gasteiger partial charge on any atom is -0.375 e. The van der Waals surface area contributed by atoms with E-state index in [1.165, 1.54) is 19.3 Å². The molecule has 1 heterocycles. The molecule has 0 aromatic rings. The third kappa shape index (κ3) is 3.51. The summed E-state index contributed by atoms with van der Waals surface area (Å²) in [4.78, 5) is 0. The second-order valence-corrected chi connectivity index (χ2v) is 4.16. The van der Waals surface area contributed by atoms with Crippen LogP contribution in [0.2, 0.25) is 0 Å². The first-order valence-electron chi connectivity index (χ1n) is 5.54. The van der Waals surface area contributed by atoms with Gasteiger partial charge in [-0.1, -0.05) is 26.0 Å². The lowest BCUT2D eigenvalue weighted by molar-refractivity contribution is 0.0413. The van der Waals surface area contributed by atoms with Crippen LogP contribution in [0.1, 0.15) is 46.5 Å². The topological polar surface area (TPSA) is 9.23 Å². The first-order chi connectivity index (χ1) is 6.24. The lowest BCUT2D eigenvalue weighted by atomic mass is 9.98. The molecule has 0 aromatic heterocycles. The molecule has 1 fully saturated rings. The van der Waals surface area contributed by atoms with Gasteiger partial charge in [-0.05, 0) is 38.5 Å². The highest BCUT2D eigenvalue weighted by molar-refractivity contribution is 4.84. The number of hydrogen-bond acceptors (Lipinski definition) is 1. The van der Waals surface area contributed by atoms with E-state index >= 15 is 0 Å². The summed E-state index contributed by atoms with van der Waals surface area (Å²) in [5.74, 6) is 0.755. The molecule has 1 saturated heterocycles. The van der Waals surface area contributed by atoms with Crippen LogP contribution in [0.3, 0.4) is 0 Å². The average Bonchev–Trinajstić information content (AvgIpc) is 2.39. The van der Waals surface area contributed by atoms with Gasteiger partial charge in [-0.15, -0.1) is 0 Å². The lowest BCUT2D eigenvalue weighted by Crippen LogP contribution is -2.12. The molecule has 0 aromatic carbocycles. The molecule has 0 N–H and O–H groups in total. The largest absolute Gasteiger partial charge is 0.375 e. The molecule has 0 aliphatic carbocycles. The van der Waals surface area contributed by atoms with Gasteiger partial charge in [-0.2, -0.15) is 0 Å². The highest BCUT2D eigenvalue weighted by Gasteiger charge is 2.28. The Hall–Kier alpha value is -0.300. The fourth-order valence-corrected chi connectivity index (χ4v) is 2.06. The molecular weight excluding hydrogens is 160 g/mol. The maximum atomic E-state index is 5.82. The van der Waals surface area contributed by atoms with Crippen LogP contribution in [0.15, 0.2) is 12.2 Å². The fourth-order valence-electron chi connectivity index (χ4n) is 2.06. The van der Waals surface area contributed by atoms with Crippen molar-refractivity contribution in [1.82, 2.24) is 0 Å². The number of hydrogen-bond donors (Lipinski definition) is 0. The van der Waals surface area contributed by atoms with Gasteiger partial charge >= 0.3 is 0 Å². The number of allylic oxidation sites excluding steroid dienone is 2. The summed E-state index contributed by atoms with van der Waals surface area (Å²) >= 11 is 0. The van der Waals surface area contributed by atoms with Crippen molar-refractivity contribution in [1.29, 1.82) is 0 Å². The highest BCUT2D eigenvalue weighted by atomic mass is 16.5. The van der Waals surface area contributed by atoms with Gasteiger partial charge in [0.15, 0.2) is 0 Å². The normalized spacial score (nSPS) is 34.5. The maximum absolute atomic E-state index is 5.82. The van der Waals surface area contributed by atoms with Crippen LogP contribution < -0.4 is 0 Å². The Kier molecular flexibility index (Phi) is 4.51. The second kappa shape index (κ2) is 5.43. The van der Waals surface area contributed by atoms with E-state index in [0.29, 0.717) is 12.2 Å². The number of ether oxygens (including phenoxy) is 1. The summed E-state index contributed by atoms with van der Waals surface area (Å²) in [6.07, 6.45) is 10.3. The fraction of sp³-hybridized carbons (Fsp3) is 0.833. The van der Waals surface area contributed by atoms with E-state index in [0.717, 1.165) is 12.3 Å². The van der Waals surface area contributed by atoms with E-state index in [-0.39, 0.29) is 0 Å². The molecule has 0 bridgehead atoms. The Morgan fingerprint density at radius 3 is 2.62 bits per heavy atom. The van der Waals surface area contributed by atoms with Crippen molar-refractivity contribution in [3.05, 3.63) is 12.2 Å². The zero-order chi connectivity index (χ0) is 9.68. The molecule has 13 heavy (non-hydrogen) atoms. The molecule has 0 spiro atoms. The predicted octanol–water partition coefficient (Wildman–Crippen LogP) is 3.55. The van der Waals surface area contributed by atoms with Gasteiger partial charge in [-0.25, -0.2) is 0 Å². The average molecular weight is 182 g/mol. The van der Waals surface area contributed by atoms with Crippen molar-refractivity contribution in [2.45, 2.75) is 58.7 Å². The maximum Gasteiger partial charge on any atom is 0.0608 e. The van der Waals surface area contributed by atoms with E-state index in [9.17, 15) is 0 Å². The quantitative estimate of drug-likeness (QED) is 0.604. The Morgan fingerprint density at radius 2 is 2.08 bits per heavy atom. The van der Waals surface area contributed by atoms with Gasteiger partial charge in [0.1, 0.15) is 0 Å². The zero-order valence-electron chi connectivity index (χ0n) is 9.12. The van der Waals surface area contributed by atoms with E-state index in [4.69, 9.17) is 4.74 Å². The van der Waals surface area contributed by atoms with Crippen LogP contribution in [-0.4, -0.2) is 12.2 Å². The summed E-state index contributed by atoms with van der Waals surface area (Å²) in [7, 11) is 0. The molecule has 0 unspecified atom stereocenters. The molecule has 1 heteroatoms. The monoisotopic (exact) mass is 182 g/mol. The van der Waals surface area contributed by atoms with E-state index < -0.39 is 0 Å². The molecule has 0 radical (unpaired) electrons.